The molecule has 0 saturated heterocycles. The van der Waals surface area contributed by atoms with Gasteiger partial charge in [-0.25, -0.2) is 4.98 Å². The van der Waals surface area contributed by atoms with Crippen molar-refractivity contribution in [3.8, 4) is 11.3 Å². The van der Waals surface area contributed by atoms with Crippen molar-refractivity contribution < 1.29 is 39.5 Å². The fourth-order valence-corrected chi connectivity index (χ4v) is 4.88. The first-order valence-electron chi connectivity index (χ1n) is 10.1. The average molecular weight is 471 g/mol. The Morgan fingerprint density at radius 3 is 2.31 bits per heavy atom. The Balaban J connectivity index is 0.00000289. The van der Waals surface area contributed by atoms with Crippen molar-refractivity contribution in [1.82, 2.24) is 4.98 Å². The molecule has 0 amide bonds. The Bertz CT molecular complexity index is 1140. The SMILES string of the molecule is CC(C)c1ccc(-c2csc(N(Cc3ccc(C(=O)[O-])cc3)Cc3cccs3)n2)cc1.[Na+]. The van der Waals surface area contributed by atoms with Gasteiger partial charge < -0.3 is 14.8 Å². The van der Waals surface area contributed by atoms with Gasteiger partial charge in [0.05, 0.1) is 18.2 Å². The number of anilines is 1. The number of carbonyl (C=O) groups excluding carboxylic acids is 1. The molecule has 0 N–H and O–H groups in total. The van der Waals surface area contributed by atoms with Crippen molar-refractivity contribution in [3.63, 3.8) is 0 Å². The number of aromatic nitrogens is 1. The smallest absolute Gasteiger partial charge is 0.545 e. The van der Waals surface area contributed by atoms with Crippen LogP contribution < -0.4 is 39.6 Å². The maximum absolute atomic E-state index is 11.0. The number of carbonyl (C=O) groups is 1. The van der Waals surface area contributed by atoms with Crippen LogP contribution in [0.3, 0.4) is 0 Å². The van der Waals surface area contributed by atoms with Gasteiger partial charge in [0.2, 0.25) is 0 Å². The number of nitrogens with zero attached hydrogens (tertiary/aromatic N) is 2. The molecule has 0 bridgehead atoms. The van der Waals surface area contributed by atoms with E-state index in [4.69, 9.17) is 4.98 Å². The summed E-state index contributed by atoms with van der Waals surface area (Å²) >= 11 is 3.35. The van der Waals surface area contributed by atoms with Gasteiger partial charge in [-0.2, -0.15) is 0 Å². The van der Waals surface area contributed by atoms with E-state index in [1.165, 1.54) is 10.4 Å². The molecule has 0 aliphatic heterocycles. The zero-order valence-corrected chi connectivity index (χ0v) is 22.1. The third-order valence-electron chi connectivity index (χ3n) is 5.13. The first-order valence-corrected chi connectivity index (χ1v) is 11.9. The van der Waals surface area contributed by atoms with E-state index in [-0.39, 0.29) is 35.1 Å². The summed E-state index contributed by atoms with van der Waals surface area (Å²) in [6, 6.07) is 19.6. The Labute approximate surface area is 218 Å². The molecular formula is C25H23N2NaO2S2. The average Bonchev–Trinajstić information content (AvgIpc) is 3.46. The topological polar surface area (TPSA) is 56.3 Å². The molecule has 0 radical (unpaired) electrons. The van der Waals surface area contributed by atoms with Crippen LogP contribution in [0.1, 0.15) is 46.1 Å². The summed E-state index contributed by atoms with van der Waals surface area (Å²) < 4.78 is 0. The molecule has 0 aliphatic carbocycles. The Kier molecular flexibility index (Phi) is 8.68. The number of hydrogen-bond acceptors (Lipinski definition) is 6. The molecule has 4 aromatic rings. The number of rotatable bonds is 8. The van der Waals surface area contributed by atoms with Gasteiger partial charge in [0.1, 0.15) is 0 Å². The molecule has 0 aliphatic rings. The van der Waals surface area contributed by atoms with Crippen molar-refractivity contribution >= 4 is 33.8 Å². The van der Waals surface area contributed by atoms with E-state index >= 15 is 0 Å². The fourth-order valence-electron chi connectivity index (χ4n) is 3.33. The number of thiazole rings is 1. The van der Waals surface area contributed by atoms with Crippen LogP contribution in [-0.4, -0.2) is 11.0 Å². The van der Waals surface area contributed by atoms with Gasteiger partial charge in [-0.15, -0.1) is 22.7 Å². The van der Waals surface area contributed by atoms with Gasteiger partial charge >= 0.3 is 29.6 Å². The summed E-state index contributed by atoms with van der Waals surface area (Å²) in [5.41, 5.74) is 4.62. The summed E-state index contributed by atoms with van der Waals surface area (Å²) in [5, 5.41) is 16.2. The van der Waals surface area contributed by atoms with Crippen molar-refractivity contribution in [3.05, 3.63) is 93.0 Å². The molecule has 7 heteroatoms. The molecule has 0 fully saturated rings. The molecular weight excluding hydrogens is 447 g/mol. The first-order chi connectivity index (χ1) is 15.0. The van der Waals surface area contributed by atoms with Crippen LogP contribution in [0.4, 0.5) is 5.13 Å². The van der Waals surface area contributed by atoms with Crippen molar-refractivity contribution in [2.45, 2.75) is 32.9 Å². The van der Waals surface area contributed by atoms with Gasteiger partial charge in [0.25, 0.3) is 0 Å². The minimum Gasteiger partial charge on any atom is -0.545 e. The summed E-state index contributed by atoms with van der Waals surface area (Å²) in [5.74, 6) is -0.653. The quantitative estimate of drug-likeness (QED) is 0.372. The van der Waals surface area contributed by atoms with E-state index in [1.807, 2.05) is 12.1 Å². The monoisotopic (exact) mass is 470 g/mol. The van der Waals surface area contributed by atoms with E-state index in [9.17, 15) is 9.90 Å². The zero-order valence-electron chi connectivity index (χ0n) is 18.4. The summed E-state index contributed by atoms with van der Waals surface area (Å²) in [6.07, 6.45) is 0. The molecule has 4 rings (SSSR count). The number of carboxylic acids is 1. The van der Waals surface area contributed by atoms with E-state index in [2.05, 4.69) is 65.9 Å². The Morgan fingerprint density at radius 1 is 1.00 bits per heavy atom. The van der Waals surface area contributed by atoms with Crippen LogP contribution in [0, 0.1) is 0 Å². The molecule has 0 spiro atoms. The molecule has 2 aromatic carbocycles. The second kappa shape index (κ2) is 11.3. The van der Waals surface area contributed by atoms with E-state index in [0.29, 0.717) is 12.5 Å². The van der Waals surface area contributed by atoms with E-state index < -0.39 is 5.97 Å². The van der Waals surface area contributed by atoms with Gasteiger partial charge in [-0.05, 0) is 34.1 Å². The molecule has 0 atom stereocenters. The predicted octanol–water partition coefficient (Wildman–Crippen LogP) is 2.57. The van der Waals surface area contributed by atoms with Crippen LogP contribution in [0.5, 0.6) is 0 Å². The Morgan fingerprint density at radius 2 is 1.72 bits per heavy atom. The van der Waals surface area contributed by atoms with Gasteiger partial charge in [-0.1, -0.05) is 68.4 Å². The number of hydrogen-bond donors (Lipinski definition) is 0. The number of thiophene rings is 1. The second-order valence-electron chi connectivity index (χ2n) is 7.71. The largest absolute Gasteiger partial charge is 1.00 e. The molecule has 2 aromatic heterocycles. The molecule has 2 heterocycles. The van der Waals surface area contributed by atoms with E-state index in [1.54, 1.807) is 34.8 Å². The second-order valence-corrected chi connectivity index (χ2v) is 9.58. The van der Waals surface area contributed by atoms with Crippen molar-refractivity contribution in [2.75, 3.05) is 4.90 Å². The zero-order chi connectivity index (χ0) is 21.8. The third kappa shape index (κ3) is 6.09. The van der Waals surface area contributed by atoms with Crippen LogP contribution in [0.15, 0.2) is 71.4 Å². The maximum atomic E-state index is 11.0. The fraction of sp³-hybridized carbons (Fsp3) is 0.200. The van der Waals surface area contributed by atoms with Crippen LogP contribution in [0.25, 0.3) is 11.3 Å². The van der Waals surface area contributed by atoms with Gasteiger partial charge in [0.15, 0.2) is 5.13 Å². The molecule has 0 saturated carbocycles. The van der Waals surface area contributed by atoms with Crippen molar-refractivity contribution in [1.29, 1.82) is 0 Å². The maximum Gasteiger partial charge on any atom is 1.00 e. The standard InChI is InChI=1S/C25H24N2O2S2.Na/c1-17(2)19-9-11-20(12-10-19)23-16-31-25(26-23)27(15-22-4-3-13-30-22)14-18-5-7-21(8-6-18)24(28)29;/h3-13,16-17H,14-15H2,1-2H3,(H,28,29);/q;+1/p-1. The van der Waals surface area contributed by atoms with Crippen molar-refractivity contribution in [2.24, 2.45) is 0 Å². The normalized spacial score (nSPS) is 10.7. The van der Waals surface area contributed by atoms with Crippen LogP contribution in [0.2, 0.25) is 0 Å². The summed E-state index contributed by atoms with van der Waals surface area (Å²) in [6.45, 7) is 5.78. The summed E-state index contributed by atoms with van der Waals surface area (Å²) in [4.78, 5) is 19.4. The summed E-state index contributed by atoms with van der Waals surface area (Å²) in [7, 11) is 0. The number of benzene rings is 2. The minimum atomic E-state index is -1.16. The number of aromatic carboxylic acids is 1. The molecule has 0 unspecified atom stereocenters. The third-order valence-corrected chi connectivity index (χ3v) is 6.89. The van der Waals surface area contributed by atoms with Gasteiger partial charge in [-0.3, -0.25) is 0 Å². The first kappa shape index (κ1) is 24.7. The predicted molar refractivity (Wildman–Crippen MR) is 127 cm³/mol. The molecule has 158 valence electrons. The Hall–Kier alpha value is -1.96. The van der Waals surface area contributed by atoms with Crippen LogP contribution in [-0.2, 0) is 13.1 Å². The van der Waals surface area contributed by atoms with Gasteiger partial charge in [0, 0.05) is 22.4 Å². The van der Waals surface area contributed by atoms with E-state index in [0.717, 1.165) is 28.5 Å². The minimum absolute atomic E-state index is 0. The van der Waals surface area contributed by atoms with Crippen LogP contribution >= 0.6 is 22.7 Å². The number of carboxylic acid groups (broad SMARTS) is 1. The molecule has 32 heavy (non-hydrogen) atoms. The molecule has 4 nitrogen and oxygen atoms in total.